The molecule has 1 N–H and O–H groups in total. The lowest BCUT2D eigenvalue weighted by Crippen LogP contribution is -2.45. The van der Waals surface area contributed by atoms with Crippen molar-refractivity contribution in [2.75, 3.05) is 26.2 Å². The van der Waals surface area contributed by atoms with Gasteiger partial charge in [0.1, 0.15) is 0 Å². The van der Waals surface area contributed by atoms with Gasteiger partial charge in [-0.2, -0.15) is 0 Å². The van der Waals surface area contributed by atoms with Crippen molar-refractivity contribution in [3.63, 3.8) is 0 Å². The summed E-state index contributed by atoms with van der Waals surface area (Å²) in [6.07, 6.45) is 16.6. The van der Waals surface area contributed by atoms with Crippen LogP contribution in [0.3, 0.4) is 0 Å². The first-order valence-electron chi connectivity index (χ1n) is 9.80. The molecule has 21 heavy (non-hydrogen) atoms. The Morgan fingerprint density at radius 2 is 1.48 bits per heavy atom. The van der Waals surface area contributed by atoms with Crippen LogP contribution >= 0.6 is 0 Å². The van der Waals surface area contributed by atoms with Crippen molar-refractivity contribution in [2.45, 2.75) is 76.7 Å². The summed E-state index contributed by atoms with van der Waals surface area (Å²) in [4.78, 5) is 2.74. The Morgan fingerprint density at radius 3 is 2.05 bits per heavy atom. The van der Waals surface area contributed by atoms with E-state index in [1.807, 2.05) is 0 Å². The number of piperidine rings is 1. The fourth-order valence-corrected chi connectivity index (χ4v) is 5.07. The molecule has 0 unspecified atom stereocenters. The first-order valence-corrected chi connectivity index (χ1v) is 9.80. The van der Waals surface area contributed by atoms with Crippen LogP contribution in [0.4, 0.5) is 0 Å². The summed E-state index contributed by atoms with van der Waals surface area (Å²) >= 11 is 0. The molecule has 0 aromatic carbocycles. The minimum atomic E-state index is 0.771. The third kappa shape index (κ3) is 3.64. The van der Waals surface area contributed by atoms with Crippen LogP contribution < -0.4 is 5.32 Å². The molecule has 1 aliphatic heterocycles. The zero-order chi connectivity index (χ0) is 14.1. The number of rotatable bonds is 6. The highest BCUT2D eigenvalue weighted by Gasteiger charge is 2.41. The van der Waals surface area contributed by atoms with Gasteiger partial charge in [-0.25, -0.2) is 0 Å². The molecule has 0 amide bonds. The molecule has 3 saturated carbocycles. The van der Waals surface area contributed by atoms with Gasteiger partial charge in [0.25, 0.3) is 0 Å². The monoisotopic (exact) mass is 290 g/mol. The molecule has 1 heterocycles. The lowest BCUT2D eigenvalue weighted by molar-refractivity contribution is 0.0677. The normalized spacial score (nSPS) is 30.1. The van der Waals surface area contributed by atoms with Crippen LogP contribution in [-0.2, 0) is 0 Å². The van der Waals surface area contributed by atoms with Gasteiger partial charge >= 0.3 is 0 Å². The maximum Gasteiger partial charge on any atom is 0.0124 e. The van der Waals surface area contributed by atoms with Crippen LogP contribution in [0.25, 0.3) is 0 Å². The predicted molar refractivity (Wildman–Crippen MR) is 88.4 cm³/mol. The maximum atomic E-state index is 3.92. The van der Waals surface area contributed by atoms with Gasteiger partial charge in [0.05, 0.1) is 0 Å². The first kappa shape index (κ1) is 14.5. The Morgan fingerprint density at radius 1 is 0.857 bits per heavy atom. The summed E-state index contributed by atoms with van der Waals surface area (Å²) in [6.45, 7) is 5.29. The van der Waals surface area contributed by atoms with E-state index in [0.29, 0.717) is 0 Å². The quantitative estimate of drug-likeness (QED) is 0.800. The Hall–Kier alpha value is -0.0800. The molecule has 3 aliphatic carbocycles. The fraction of sp³-hybridized carbons (Fsp3) is 1.00. The number of likely N-dealkylation sites (tertiary alicyclic amines) is 1. The lowest BCUT2D eigenvalue weighted by Gasteiger charge is -2.44. The summed E-state index contributed by atoms with van der Waals surface area (Å²) < 4.78 is 0. The van der Waals surface area contributed by atoms with Crippen LogP contribution in [0.15, 0.2) is 0 Å². The van der Waals surface area contributed by atoms with Crippen LogP contribution in [-0.4, -0.2) is 37.1 Å². The molecular weight excluding hydrogens is 256 g/mol. The second-order valence-corrected chi connectivity index (χ2v) is 8.56. The molecule has 4 rings (SSSR count). The largest absolute Gasteiger partial charge is 0.312 e. The number of nitrogens with zero attached hydrogens (tertiary/aromatic N) is 1. The summed E-state index contributed by atoms with van der Waals surface area (Å²) in [5.74, 6) is 2.09. The summed E-state index contributed by atoms with van der Waals surface area (Å²) in [6, 6.07) is 0.888. The van der Waals surface area contributed by atoms with Gasteiger partial charge < -0.3 is 10.2 Å². The second-order valence-electron chi connectivity index (χ2n) is 8.56. The van der Waals surface area contributed by atoms with Crippen LogP contribution in [0.5, 0.6) is 0 Å². The molecule has 0 atom stereocenters. The zero-order valence-electron chi connectivity index (χ0n) is 13.8. The zero-order valence-corrected chi connectivity index (χ0v) is 13.8. The molecule has 120 valence electrons. The van der Waals surface area contributed by atoms with Gasteiger partial charge in [-0.15, -0.1) is 0 Å². The van der Waals surface area contributed by atoms with Crippen molar-refractivity contribution >= 4 is 0 Å². The van der Waals surface area contributed by atoms with Crippen molar-refractivity contribution in [1.29, 1.82) is 0 Å². The smallest absolute Gasteiger partial charge is 0.0124 e. The molecule has 1 saturated heterocycles. The third-order valence-corrected chi connectivity index (χ3v) is 6.90. The molecule has 0 radical (unpaired) electrons. The van der Waals surface area contributed by atoms with Crippen molar-refractivity contribution < 1.29 is 0 Å². The van der Waals surface area contributed by atoms with Crippen LogP contribution in [0, 0.1) is 17.3 Å². The molecule has 0 aromatic heterocycles. The van der Waals surface area contributed by atoms with E-state index in [4.69, 9.17) is 0 Å². The second kappa shape index (κ2) is 6.20. The summed E-state index contributed by atoms with van der Waals surface area (Å²) in [7, 11) is 0. The average Bonchev–Trinajstić information content (AvgIpc) is 3.39. The third-order valence-electron chi connectivity index (χ3n) is 6.90. The average molecular weight is 290 g/mol. The van der Waals surface area contributed by atoms with E-state index < -0.39 is 0 Å². The lowest BCUT2D eigenvalue weighted by atomic mass is 9.68. The van der Waals surface area contributed by atoms with E-state index in [0.717, 1.165) is 23.3 Å². The fourth-order valence-electron chi connectivity index (χ4n) is 5.07. The summed E-state index contributed by atoms with van der Waals surface area (Å²) in [5.41, 5.74) is 0.771. The van der Waals surface area contributed by atoms with Gasteiger partial charge in [0.2, 0.25) is 0 Å². The topological polar surface area (TPSA) is 15.3 Å². The minimum absolute atomic E-state index is 0.771. The highest BCUT2D eigenvalue weighted by atomic mass is 15.1. The van der Waals surface area contributed by atoms with E-state index in [-0.39, 0.29) is 0 Å². The van der Waals surface area contributed by atoms with Crippen molar-refractivity contribution in [3.8, 4) is 0 Å². The van der Waals surface area contributed by atoms with E-state index in [1.165, 1.54) is 96.8 Å². The van der Waals surface area contributed by atoms with Crippen molar-refractivity contribution in [2.24, 2.45) is 17.3 Å². The molecular formula is C19H34N2. The van der Waals surface area contributed by atoms with Gasteiger partial charge in [0, 0.05) is 19.1 Å². The molecule has 2 nitrogen and oxygen atoms in total. The van der Waals surface area contributed by atoms with Crippen LogP contribution in [0.1, 0.15) is 70.6 Å². The summed E-state index contributed by atoms with van der Waals surface area (Å²) in [5, 5.41) is 3.92. The first-order chi connectivity index (χ1) is 10.3. The molecule has 0 bridgehead atoms. The standard InChI is InChI=1S/C19H34N2/c1-2-8-19(9-3-1)10-13-21(14-11-19)15-12-20-18(16-4-5-16)17-6-7-17/h16-18,20H,1-15H2. The molecule has 4 fully saturated rings. The number of hydrogen-bond donors (Lipinski definition) is 1. The van der Waals surface area contributed by atoms with E-state index in [9.17, 15) is 0 Å². The molecule has 0 aromatic rings. The van der Waals surface area contributed by atoms with E-state index >= 15 is 0 Å². The van der Waals surface area contributed by atoms with Crippen molar-refractivity contribution in [3.05, 3.63) is 0 Å². The van der Waals surface area contributed by atoms with E-state index in [2.05, 4.69) is 10.2 Å². The van der Waals surface area contributed by atoms with Gasteiger partial charge in [-0.1, -0.05) is 19.3 Å². The predicted octanol–water partition coefficient (Wildman–Crippen LogP) is 3.81. The number of nitrogens with one attached hydrogen (secondary N) is 1. The maximum absolute atomic E-state index is 3.92. The van der Waals surface area contributed by atoms with E-state index in [1.54, 1.807) is 0 Å². The Balaban J connectivity index is 1.17. The Labute approximate surface area is 131 Å². The van der Waals surface area contributed by atoms with Gasteiger partial charge in [0.15, 0.2) is 0 Å². The Kier molecular flexibility index (Phi) is 4.28. The van der Waals surface area contributed by atoms with Crippen molar-refractivity contribution in [1.82, 2.24) is 10.2 Å². The number of hydrogen-bond acceptors (Lipinski definition) is 2. The minimum Gasteiger partial charge on any atom is -0.312 e. The van der Waals surface area contributed by atoms with Crippen LogP contribution in [0.2, 0.25) is 0 Å². The highest BCUT2D eigenvalue weighted by Crippen LogP contribution is 2.45. The SMILES string of the molecule is C1CCC2(CC1)CCN(CCNC(C1CC1)C1CC1)CC2. The Bertz CT molecular complexity index is 317. The molecule has 2 heteroatoms. The molecule has 4 aliphatic rings. The van der Waals surface area contributed by atoms with Gasteiger partial charge in [-0.3, -0.25) is 0 Å². The van der Waals surface area contributed by atoms with Gasteiger partial charge in [-0.05, 0) is 81.7 Å². The highest BCUT2D eigenvalue weighted by molar-refractivity contribution is 4.96. The molecule has 1 spiro atoms.